The third-order valence-corrected chi connectivity index (χ3v) is 7.52. The van der Waals surface area contributed by atoms with Gasteiger partial charge in [-0.2, -0.15) is 0 Å². The molecule has 2 amide bonds. The van der Waals surface area contributed by atoms with E-state index < -0.39 is 5.91 Å². The van der Waals surface area contributed by atoms with Crippen molar-refractivity contribution in [2.24, 2.45) is 5.73 Å². The molecule has 9 heteroatoms. The second-order valence-corrected chi connectivity index (χ2v) is 9.89. The number of primary amides is 1. The zero-order chi connectivity index (χ0) is 22.7. The number of amides is 2. The number of carbonyl (C=O) groups is 2. The Labute approximate surface area is 195 Å². The molecule has 0 aliphatic carbocycles. The van der Waals surface area contributed by atoms with E-state index in [-0.39, 0.29) is 12.3 Å². The molecule has 7 nitrogen and oxygen atoms in total. The quantitative estimate of drug-likeness (QED) is 0.550. The summed E-state index contributed by atoms with van der Waals surface area (Å²) in [7, 11) is 0. The molecular formula is C23H26N4O3S2. The molecule has 3 heterocycles. The highest BCUT2D eigenvalue weighted by atomic mass is 32.1. The average molecular weight is 471 g/mol. The van der Waals surface area contributed by atoms with E-state index in [0.717, 1.165) is 53.9 Å². The van der Waals surface area contributed by atoms with E-state index >= 15 is 0 Å². The van der Waals surface area contributed by atoms with Crippen LogP contribution in [0, 0.1) is 13.8 Å². The fourth-order valence-electron chi connectivity index (χ4n) is 3.69. The van der Waals surface area contributed by atoms with Crippen molar-refractivity contribution >= 4 is 39.5 Å². The molecular weight excluding hydrogens is 444 g/mol. The Kier molecular flexibility index (Phi) is 7.00. The van der Waals surface area contributed by atoms with Crippen molar-refractivity contribution in [2.45, 2.75) is 26.8 Å². The van der Waals surface area contributed by atoms with Crippen LogP contribution in [-0.4, -0.2) is 48.0 Å². The number of benzene rings is 1. The van der Waals surface area contributed by atoms with Crippen LogP contribution in [0.3, 0.4) is 0 Å². The Morgan fingerprint density at radius 1 is 1.25 bits per heavy atom. The van der Waals surface area contributed by atoms with E-state index in [1.54, 1.807) is 0 Å². The third-order valence-electron chi connectivity index (χ3n) is 5.46. The molecule has 3 aromatic rings. The lowest BCUT2D eigenvalue weighted by Crippen LogP contribution is -2.35. The summed E-state index contributed by atoms with van der Waals surface area (Å²) in [5, 5.41) is 6.13. The number of nitrogens with one attached hydrogen (secondary N) is 1. The maximum absolute atomic E-state index is 12.6. The smallest absolute Gasteiger partial charge is 0.251 e. The van der Waals surface area contributed by atoms with Gasteiger partial charge >= 0.3 is 0 Å². The number of aromatic nitrogens is 1. The molecule has 168 valence electrons. The molecule has 0 spiro atoms. The van der Waals surface area contributed by atoms with Gasteiger partial charge in [0, 0.05) is 35.5 Å². The molecule has 0 unspecified atom stereocenters. The standard InChI is InChI=1S/C23H26N4O3S2/c1-14-15(2)32-23(20(14)21(24)29)26-19(28)11-18-13-31-22(25-18)17-5-3-4-16(10-17)12-27-6-8-30-9-7-27/h3-5,10,13H,6-9,11-12H2,1-2H3,(H2,24,29)(H,26,28). The SMILES string of the molecule is Cc1sc(NC(=O)Cc2csc(-c3cccc(CN4CCOCC4)c3)n2)c(C(N)=O)c1C. The van der Waals surface area contributed by atoms with Gasteiger partial charge in [0.1, 0.15) is 10.0 Å². The summed E-state index contributed by atoms with van der Waals surface area (Å²) in [6, 6.07) is 8.38. The van der Waals surface area contributed by atoms with E-state index in [4.69, 9.17) is 10.5 Å². The first-order valence-corrected chi connectivity index (χ1v) is 12.1. The van der Waals surface area contributed by atoms with Gasteiger partial charge in [-0.05, 0) is 31.0 Å². The fraction of sp³-hybridized carbons (Fsp3) is 0.348. The van der Waals surface area contributed by atoms with Crippen LogP contribution in [0.5, 0.6) is 0 Å². The molecule has 1 saturated heterocycles. The van der Waals surface area contributed by atoms with Gasteiger partial charge in [-0.3, -0.25) is 14.5 Å². The maximum Gasteiger partial charge on any atom is 0.251 e. The van der Waals surface area contributed by atoms with Gasteiger partial charge in [0.2, 0.25) is 5.91 Å². The fourth-order valence-corrected chi connectivity index (χ4v) is 5.59. The number of thiophene rings is 1. The van der Waals surface area contributed by atoms with Crippen LogP contribution in [0.4, 0.5) is 5.00 Å². The largest absolute Gasteiger partial charge is 0.379 e. The highest BCUT2D eigenvalue weighted by Gasteiger charge is 2.19. The van der Waals surface area contributed by atoms with Gasteiger partial charge in [-0.15, -0.1) is 22.7 Å². The molecule has 3 N–H and O–H groups in total. The van der Waals surface area contributed by atoms with Gasteiger partial charge in [0.05, 0.1) is 30.9 Å². The zero-order valence-corrected chi connectivity index (χ0v) is 19.8. The first-order valence-electron chi connectivity index (χ1n) is 10.4. The maximum atomic E-state index is 12.6. The topological polar surface area (TPSA) is 97.6 Å². The highest BCUT2D eigenvalue weighted by Crippen LogP contribution is 2.32. The van der Waals surface area contributed by atoms with E-state index in [1.165, 1.54) is 28.2 Å². The molecule has 1 fully saturated rings. The molecule has 32 heavy (non-hydrogen) atoms. The summed E-state index contributed by atoms with van der Waals surface area (Å²) < 4.78 is 5.42. The molecule has 1 aliphatic heterocycles. The number of morpholine rings is 1. The number of anilines is 1. The first kappa shape index (κ1) is 22.6. The number of ether oxygens (including phenoxy) is 1. The third kappa shape index (κ3) is 5.24. The highest BCUT2D eigenvalue weighted by molar-refractivity contribution is 7.16. The Hall–Kier alpha value is -2.59. The summed E-state index contributed by atoms with van der Waals surface area (Å²) >= 11 is 2.89. The average Bonchev–Trinajstić information content (AvgIpc) is 3.33. The van der Waals surface area contributed by atoms with Crippen molar-refractivity contribution in [3.63, 3.8) is 0 Å². The number of hydrogen-bond donors (Lipinski definition) is 2. The van der Waals surface area contributed by atoms with Gasteiger partial charge in [0.15, 0.2) is 0 Å². The van der Waals surface area contributed by atoms with Crippen molar-refractivity contribution in [1.82, 2.24) is 9.88 Å². The van der Waals surface area contributed by atoms with Crippen LogP contribution < -0.4 is 11.1 Å². The van der Waals surface area contributed by atoms with E-state index in [0.29, 0.717) is 16.3 Å². The van der Waals surface area contributed by atoms with Crippen molar-refractivity contribution in [1.29, 1.82) is 0 Å². The number of nitrogens with two attached hydrogens (primary N) is 1. The predicted octanol–water partition coefficient (Wildman–Crippen LogP) is 3.60. The molecule has 0 atom stereocenters. The lowest BCUT2D eigenvalue weighted by Gasteiger charge is -2.26. The Balaban J connectivity index is 1.42. The van der Waals surface area contributed by atoms with Crippen molar-refractivity contribution in [2.75, 3.05) is 31.6 Å². The minimum Gasteiger partial charge on any atom is -0.379 e. The van der Waals surface area contributed by atoms with Crippen molar-refractivity contribution in [3.05, 3.63) is 56.9 Å². The van der Waals surface area contributed by atoms with Gasteiger partial charge in [-0.1, -0.05) is 18.2 Å². The summed E-state index contributed by atoms with van der Waals surface area (Å²) in [6.45, 7) is 8.08. The number of hydrogen-bond acceptors (Lipinski definition) is 7. The summed E-state index contributed by atoms with van der Waals surface area (Å²) in [4.78, 5) is 32.4. The van der Waals surface area contributed by atoms with Crippen LogP contribution in [0.15, 0.2) is 29.6 Å². The second kappa shape index (κ2) is 9.91. The normalized spacial score (nSPS) is 14.4. The molecule has 0 radical (unpaired) electrons. The molecule has 1 aliphatic rings. The van der Waals surface area contributed by atoms with Gasteiger partial charge < -0.3 is 15.8 Å². The molecule has 0 saturated carbocycles. The molecule has 4 rings (SSSR count). The first-order chi connectivity index (χ1) is 15.4. The van der Waals surface area contributed by atoms with Crippen LogP contribution >= 0.6 is 22.7 Å². The predicted molar refractivity (Wildman–Crippen MR) is 128 cm³/mol. The summed E-state index contributed by atoms with van der Waals surface area (Å²) in [6.07, 6.45) is 0.137. The van der Waals surface area contributed by atoms with Crippen LogP contribution in [0.2, 0.25) is 0 Å². The second-order valence-electron chi connectivity index (χ2n) is 7.81. The van der Waals surface area contributed by atoms with Crippen molar-refractivity contribution < 1.29 is 14.3 Å². The van der Waals surface area contributed by atoms with Crippen molar-refractivity contribution in [3.8, 4) is 10.6 Å². The lowest BCUT2D eigenvalue weighted by molar-refractivity contribution is -0.115. The lowest BCUT2D eigenvalue weighted by atomic mass is 10.1. The Bertz CT molecular complexity index is 1130. The van der Waals surface area contributed by atoms with E-state index in [2.05, 4.69) is 27.3 Å². The van der Waals surface area contributed by atoms with Crippen LogP contribution in [0.25, 0.3) is 10.6 Å². The summed E-state index contributed by atoms with van der Waals surface area (Å²) in [5.74, 6) is -0.748. The zero-order valence-electron chi connectivity index (χ0n) is 18.1. The van der Waals surface area contributed by atoms with Crippen LogP contribution in [0.1, 0.15) is 32.1 Å². The number of rotatable bonds is 7. The summed E-state index contributed by atoms with van der Waals surface area (Å²) in [5.41, 5.74) is 9.68. The molecule has 0 bridgehead atoms. The van der Waals surface area contributed by atoms with Gasteiger partial charge in [0.25, 0.3) is 5.91 Å². The van der Waals surface area contributed by atoms with Gasteiger partial charge in [-0.25, -0.2) is 4.98 Å². The van der Waals surface area contributed by atoms with Crippen LogP contribution in [-0.2, 0) is 22.5 Å². The number of nitrogens with zero attached hydrogens (tertiary/aromatic N) is 2. The minimum atomic E-state index is -0.532. The molecule has 2 aromatic heterocycles. The molecule has 1 aromatic carbocycles. The number of thiazole rings is 1. The minimum absolute atomic E-state index is 0.137. The monoisotopic (exact) mass is 470 g/mol. The number of aryl methyl sites for hydroxylation is 1. The Morgan fingerprint density at radius 3 is 2.78 bits per heavy atom. The van der Waals surface area contributed by atoms with E-state index in [9.17, 15) is 9.59 Å². The number of carbonyl (C=O) groups excluding carboxylic acids is 2. The Morgan fingerprint density at radius 2 is 2.03 bits per heavy atom. The van der Waals surface area contributed by atoms with E-state index in [1.807, 2.05) is 31.4 Å².